The molecule has 20 heavy (non-hydrogen) atoms. The monoisotopic (exact) mass is 298 g/mol. The van der Waals surface area contributed by atoms with E-state index in [1.54, 1.807) is 0 Å². The highest BCUT2D eigenvalue weighted by molar-refractivity contribution is 6.71. The zero-order chi connectivity index (χ0) is 14.4. The van der Waals surface area contributed by atoms with E-state index in [9.17, 15) is 0 Å². The van der Waals surface area contributed by atoms with Gasteiger partial charge in [-0.15, -0.1) is 0 Å². The van der Waals surface area contributed by atoms with Crippen LogP contribution in [0.5, 0.6) is 0 Å². The third-order valence-corrected chi connectivity index (χ3v) is 7.49. The molecule has 0 aromatic rings. The molecule has 0 bridgehead atoms. The van der Waals surface area contributed by atoms with Gasteiger partial charge in [-0.05, 0) is 50.7 Å². The van der Waals surface area contributed by atoms with Crippen LogP contribution in [0.4, 0.5) is 0 Å². The van der Waals surface area contributed by atoms with Crippen molar-refractivity contribution in [3.8, 4) is 0 Å². The predicted molar refractivity (Wildman–Crippen MR) is 87.6 cm³/mol. The summed E-state index contributed by atoms with van der Waals surface area (Å²) < 4.78 is 11.6. The van der Waals surface area contributed by atoms with Crippen LogP contribution < -0.4 is 0 Å². The van der Waals surface area contributed by atoms with Gasteiger partial charge >= 0.3 is 0 Å². The van der Waals surface area contributed by atoms with Crippen molar-refractivity contribution in [3.63, 3.8) is 0 Å². The van der Waals surface area contributed by atoms with Gasteiger partial charge in [0.25, 0.3) is 0 Å². The fourth-order valence-corrected chi connectivity index (χ4v) is 5.54. The number of unbranched alkanes of at least 4 members (excludes halogenated alkanes) is 3. The molecule has 0 aromatic carbocycles. The average Bonchev–Trinajstić information content (AvgIpc) is 3.19. The molecule has 0 amide bonds. The normalized spacial score (nSPS) is 29.2. The van der Waals surface area contributed by atoms with Gasteiger partial charge < -0.3 is 9.16 Å². The Balaban J connectivity index is 1.43. The molecular weight excluding hydrogens is 264 g/mol. The predicted octanol–water partition coefficient (Wildman–Crippen LogP) is 5.14. The molecule has 1 saturated heterocycles. The van der Waals surface area contributed by atoms with Gasteiger partial charge in [-0.3, -0.25) is 0 Å². The highest BCUT2D eigenvalue weighted by atomic mass is 28.4. The van der Waals surface area contributed by atoms with Gasteiger partial charge in [0.05, 0.1) is 12.2 Å². The van der Waals surface area contributed by atoms with Gasteiger partial charge in [-0.1, -0.05) is 39.0 Å². The Bertz CT molecular complexity index is 280. The lowest BCUT2D eigenvalue weighted by Gasteiger charge is -2.22. The van der Waals surface area contributed by atoms with Crippen LogP contribution in [0.2, 0.25) is 19.1 Å². The minimum atomic E-state index is -1.34. The van der Waals surface area contributed by atoms with E-state index in [1.165, 1.54) is 57.4 Å². The van der Waals surface area contributed by atoms with Crippen molar-refractivity contribution in [1.82, 2.24) is 0 Å². The van der Waals surface area contributed by atoms with E-state index in [0.29, 0.717) is 12.2 Å². The zero-order valence-electron chi connectivity index (χ0n) is 13.8. The molecule has 0 radical (unpaired) electrons. The molecule has 2 rings (SSSR count). The van der Waals surface area contributed by atoms with E-state index < -0.39 is 8.32 Å². The number of hydrogen-bond acceptors (Lipinski definition) is 2. The number of rotatable bonds is 10. The molecule has 0 N–H and O–H groups in total. The molecule has 0 spiro atoms. The Morgan fingerprint density at radius 2 is 1.85 bits per heavy atom. The van der Waals surface area contributed by atoms with E-state index in [1.807, 2.05) is 0 Å². The van der Waals surface area contributed by atoms with Crippen molar-refractivity contribution < 1.29 is 9.16 Å². The first kappa shape index (κ1) is 16.5. The van der Waals surface area contributed by atoms with Gasteiger partial charge in [-0.25, -0.2) is 0 Å². The fraction of sp³-hybridized carbons (Fsp3) is 1.00. The first-order valence-electron chi connectivity index (χ1n) is 8.90. The third kappa shape index (κ3) is 5.86. The van der Waals surface area contributed by atoms with Crippen molar-refractivity contribution in [3.05, 3.63) is 0 Å². The Morgan fingerprint density at radius 1 is 1.05 bits per heavy atom. The molecule has 2 fully saturated rings. The summed E-state index contributed by atoms with van der Waals surface area (Å²) in [6.07, 6.45) is 13.7. The molecule has 0 aromatic heterocycles. The molecule has 1 aliphatic heterocycles. The van der Waals surface area contributed by atoms with E-state index >= 15 is 0 Å². The van der Waals surface area contributed by atoms with Crippen molar-refractivity contribution in [1.29, 1.82) is 0 Å². The number of fused-ring (bicyclic) bond motifs is 1. The largest absolute Gasteiger partial charge is 0.417 e. The maximum Gasteiger partial charge on any atom is 0.186 e. The smallest absolute Gasteiger partial charge is 0.186 e. The summed E-state index contributed by atoms with van der Waals surface area (Å²) in [6, 6.07) is 1.34. The van der Waals surface area contributed by atoms with Gasteiger partial charge in [0.1, 0.15) is 0 Å². The van der Waals surface area contributed by atoms with Gasteiger partial charge in [-0.2, -0.15) is 0 Å². The molecule has 3 unspecified atom stereocenters. The quantitative estimate of drug-likeness (QED) is 0.316. The molecule has 2 nitrogen and oxygen atoms in total. The molecular formula is C17H34O2Si. The highest BCUT2D eigenvalue weighted by Crippen LogP contribution is 2.41. The van der Waals surface area contributed by atoms with Crippen LogP contribution in [0.1, 0.15) is 64.7 Å². The Kier molecular flexibility index (Phi) is 6.56. The van der Waals surface area contributed by atoms with Gasteiger partial charge in [0.15, 0.2) is 8.32 Å². The summed E-state index contributed by atoms with van der Waals surface area (Å²) in [5.74, 6) is 0.970. The number of ether oxygens (including phenoxy) is 1. The molecule has 1 heterocycles. The first-order valence-corrected chi connectivity index (χ1v) is 12.0. The lowest BCUT2D eigenvalue weighted by atomic mass is 9.85. The average molecular weight is 299 g/mol. The lowest BCUT2D eigenvalue weighted by molar-refractivity contribution is 0.305. The molecule has 3 atom stereocenters. The Labute approximate surface area is 126 Å². The molecule has 118 valence electrons. The van der Waals surface area contributed by atoms with Crippen molar-refractivity contribution in [2.75, 3.05) is 6.61 Å². The van der Waals surface area contributed by atoms with E-state index in [4.69, 9.17) is 9.16 Å². The fourth-order valence-electron chi connectivity index (χ4n) is 3.54. The second-order valence-corrected chi connectivity index (χ2v) is 11.8. The molecule has 1 aliphatic carbocycles. The third-order valence-electron chi connectivity index (χ3n) is 4.95. The second-order valence-electron chi connectivity index (χ2n) is 7.45. The van der Waals surface area contributed by atoms with E-state index in [0.717, 1.165) is 18.9 Å². The summed E-state index contributed by atoms with van der Waals surface area (Å²) in [4.78, 5) is 0. The van der Waals surface area contributed by atoms with Gasteiger partial charge in [0, 0.05) is 6.61 Å². The van der Waals surface area contributed by atoms with Crippen molar-refractivity contribution >= 4 is 8.32 Å². The van der Waals surface area contributed by atoms with Crippen LogP contribution >= 0.6 is 0 Å². The van der Waals surface area contributed by atoms with Crippen molar-refractivity contribution in [2.45, 2.75) is 96.1 Å². The topological polar surface area (TPSA) is 21.8 Å². The lowest BCUT2D eigenvalue weighted by Crippen LogP contribution is -2.30. The summed E-state index contributed by atoms with van der Waals surface area (Å²) >= 11 is 0. The van der Waals surface area contributed by atoms with E-state index in [2.05, 4.69) is 20.0 Å². The Hall–Kier alpha value is 0.137. The minimum absolute atomic E-state index is 0.663. The van der Waals surface area contributed by atoms with Crippen LogP contribution in [0.3, 0.4) is 0 Å². The van der Waals surface area contributed by atoms with Crippen LogP contribution in [-0.4, -0.2) is 27.1 Å². The van der Waals surface area contributed by atoms with Crippen LogP contribution in [0.15, 0.2) is 0 Å². The molecule has 3 heteroatoms. The summed E-state index contributed by atoms with van der Waals surface area (Å²) in [7, 11) is -1.34. The second kappa shape index (κ2) is 7.95. The Morgan fingerprint density at radius 3 is 2.60 bits per heavy atom. The number of epoxide rings is 1. The van der Waals surface area contributed by atoms with Crippen LogP contribution in [-0.2, 0) is 9.16 Å². The highest BCUT2D eigenvalue weighted by Gasteiger charge is 2.43. The standard InChI is InChI=1S/C17H34O2Si/c1-4-12-18-20(2,3)13-8-6-5-7-9-15-10-11-16-17(14-15)19-16/h15-17H,4-14H2,1-3H3. The van der Waals surface area contributed by atoms with Crippen LogP contribution in [0.25, 0.3) is 0 Å². The number of hydrogen-bond donors (Lipinski definition) is 0. The molecule has 2 aliphatic rings. The van der Waals surface area contributed by atoms with Gasteiger partial charge in [0.2, 0.25) is 0 Å². The van der Waals surface area contributed by atoms with Crippen molar-refractivity contribution in [2.24, 2.45) is 5.92 Å². The maximum absolute atomic E-state index is 6.02. The maximum atomic E-state index is 6.02. The summed E-state index contributed by atoms with van der Waals surface area (Å²) in [5.41, 5.74) is 0. The van der Waals surface area contributed by atoms with Crippen LogP contribution in [0, 0.1) is 5.92 Å². The SMILES string of the molecule is CCCO[Si](C)(C)CCCCCCC1CCC2OC2C1. The molecule has 1 saturated carbocycles. The minimum Gasteiger partial charge on any atom is -0.417 e. The first-order chi connectivity index (χ1) is 9.61. The summed E-state index contributed by atoms with van der Waals surface area (Å²) in [5, 5.41) is 0. The van der Waals surface area contributed by atoms with E-state index in [-0.39, 0.29) is 0 Å². The summed E-state index contributed by atoms with van der Waals surface area (Å²) in [6.45, 7) is 7.91. The zero-order valence-corrected chi connectivity index (χ0v) is 14.8.